The van der Waals surface area contributed by atoms with Gasteiger partial charge in [-0.05, 0) is 49.9 Å². The van der Waals surface area contributed by atoms with Gasteiger partial charge in [0.25, 0.3) is 5.56 Å². The van der Waals surface area contributed by atoms with Crippen LogP contribution in [0.25, 0.3) is 16.6 Å². The van der Waals surface area contributed by atoms with Gasteiger partial charge in [0.2, 0.25) is 0 Å². The zero-order valence-electron chi connectivity index (χ0n) is 17.4. The molecule has 3 aromatic rings. The third-order valence-electron chi connectivity index (χ3n) is 6.09. The first-order valence-electron chi connectivity index (χ1n) is 11.0. The maximum atomic E-state index is 13.8. The Morgan fingerprint density at radius 1 is 1.10 bits per heavy atom. The van der Waals surface area contributed by atoms with Crippen molar-refractivity contribution in [3.63, 3.8) is 0 Å². The van der Waals surface area contributed by atoms with Gasteiger partial charge in [0, 0.05) is 26.2 Å². The van der Waals surface area contributed by atoms with Gasteiger partial charge in [-0.3, -0.25) is 14.3 Å². The van der Waals surface area contributed by atoms with Crippen molar-refractivity contribution in [3.05, 3.63) is 64.7 Å². The van der Waals surface area contributed by atoms with Crippen molar-refractivity contribution in [2.75, 3.05) is 32.8 Å². The van der Waals surface area contributed by atoms with Crippen LogP contribution in [0, 0.1) is 5.92 Å². The van der Waals surface area contributed by atoms with Crippen LogP contribution in [0.1, 0.15) is 31.6 Å². The van der Waals surface area contributed by atoms with Crippen LogP contribution in [-0.4, -0.2) is 47.2 Å². The van der Waals surface area contributed by atoms with Crippen molar-refractivity contribution >= 4 is 10.9 Å². The molecule has 0 radical (unpaired) electrons. The van der Waals surface area contributed by atoms with Gasteiger partial charge in [-0.25, -0.2) is 4.98 Å². The van der Waals surface area contributed by atoms with Gasteiger partial charge in [0.05, 0.1) is 29.2 Å². The van der Waals surface area contributed by atoms with Gasteiger partial charge in [-0.15, -0.1) is 0 Å². The fourth-order valence-electron chi connectivity index (χ4n) is 4.55. The molecule has 1 aromatic heterocycles. The maximum Gasteiger partial charge on any atom is 0.266 e. The molecule has 1 aliphatic heterocycles. The Labute approximate surface area is 176 Å². The Balaban J connectivity index is 1.76. The average Bonchev–Trinajstić information content (AvgIpc) is 3.61. The fourth-order valence-corrected chi connectivity index (χ4v) is 4.55. The minimum atomic E-state index is -0.0245. The smallest absolute Gasteiger partial charge is 0.266 e. The molecule has 1 N–H and O–H groups in total. The Morgan fingerprint density at radius 2 is 1.83 bits per heavy atom. The van der Waals surface area contributed by atoms with E-state index < -0.39 is 0 Å². The van der Waals surface area contributed by atoms with Gasteiger partial charge < -0.3 is 10.1 Å². The molecular formula is C24H28N4O2. The zero-order valence-corrected chi connectivity index (χ0v) is 17.4. The first-order chi connectivity index (χ1) is 14.8. The molecule has 1 aliphatic carbocycles. The van der Waals surface area contributed by atoms with E-state index in [2.05, 4.69) is 10.2 Å². The fraction of sp³-hybridized carbons (Fsp3) is 0.417. The molecule has 0 bridgehead atoms. The number of aromatic nitrogens is 2. The standard InChI is InChI=1S/C24H28N4O2/c1-2-30-21-10-6-5-9-20(21)28-23(26-19-8-4-3-7-18(19)24(28)29)22(17-11-12-17)27-15-13-25-14-16-27/h3-10,17,22,25H,2,11-16H2,1H3. The summed E-state index contributed by atoms with van der Waals surface area (Å²) in [4.78, 5) is 21.4. The van der Waals surface area contributed by atoms with Crippen LogP contribution >= 0.6 is 0 Å². The lowest BCUT2D eigenvalue weighted by Crippen LogP contribution is -2.47. The number of rotatable bonds is 6. The molecule has 2 aromatic carbocycles. The number of benzene rings is 2. The van der Waals surface area contributed by atoms with Crippen molar-refractivity contribution in [2.24, 2.45) is 5.92 Å². The molecule has 30 heavy (non-hydrogen) atoms. The normalized spacial score (nSPS) is 18.4. The van der Waals surface area contributed by atoms with Crippen LogP contribution in [0.15, 0.2) is 53.3 Å². The van der Waals surface area contributed by atoms with E-state index in [4.69, 9.17) is 9.72 Å². The summed E-state index contributed by atoms with van der Waals surface area (Å²) in [7, 11) is 0. The van der Waals surface area contributed by atoms with Crippen molar-refractivity contribution in [1.82, 2.24) is 19.8 Å². The summed E-state index contributed by atoms with van der Waals surface area (Å²) < 4.78 is 7.72. The second-order valence-electron chi connectivity index (χ2n) is 8.10. The van der Waals surface area contributed by atoms with Crippen molar-refractivity contribution in [3.8, 4) is 11.4 Å². The van der Waals surface area contributed by atoms with E-state index in [0.717, 1.165) is 49.0 Å². The quantitative estimate of drug-likeness (QED) is 0.684. The molecule has 0 amide bonds. The molecule has 1 atom stereocenters. The molecule has 2 aliphatic rings. The van der Waals surface area contributed by atoms with Gasteiger partial charge >= 0.3 is 0 Å². The highest BCUT2D eigenvalue weighted by Gasteiger charge is 2.40. The van der Waals surface area contributed by atoms with E-state index in [1.54, 1.807) is 0 Å². The number of para-hydroxylation sites is 3. The molecule has 1 unspecified atom stereocenters. The van der Waals surface area contributed by atoms with Crippen molar-refractivity contribution < 1.29 is 4.74 Å². The second kappa shape index (κ2) is 8.20. The SMILES string of the molecule is CCOc1ccccc1-n1c(C(C2CC2)N2CCNCC2)nc2ccccc2c1=O. The lowest BCUT2D eigenvalue weighted by Gasteiger charge is -2.35. The number of fused-ring (bicyclic) bond motifs is 1. The maximum absolute atomic E-state index is 13.8. The van der Waals surface area contributed by atoms with Crippen molar-refractivity contribution in [1.29, 1.82) is 0 Å². The molecule has 6 nitrogen and oxygen atoms in total. The topological polar surface area (TPSA) is 59.4 Å². The summed E-state index contributed by atoms with van der Waals surface area (Å²) >= 11 is 0. The lowest BCUT2D eigenvalue weighted by molar-refractivity contribution is 0.147. The van der Waals surface area contributed by atoms with Crippen LogP contribution in [0.3, 0.4) is 0 Å². The van der Waals surface area contributed by atoms with Gasteiger partial charge in [-0.2, -0.15) is 0 Å². The average molecular weight is 405 g/mol. The van der Waals surface area contributed by atoms with E-state index in [1.807, 2.05) is 60.0 Å². The lowest BCUT2D eigenvalue weighted by atomic mass is 10.1. The summed E-state index contributed by atoms with van der Waals surface area (Å²) in [5.74, 6) is 2.10. The van der Waals surface area contributed by atoms with E-state index >= 15 is 0 Å². The van der Waals surface area contributed by atoms with Crippen LogP contribution in [0.5, 0.6) is 5.75 Å². The zero-order chi connectivity index (χ0) is 20.5. The van der Waals surface area contributed by atoms with E-state index in [0.29, 0.717) is 17.9 Å². The largest absolute Gasteiger partial charge is 0.492 e. The Morgan fingerprint density at radius 3 is 2.60 bits per heavy atom. The molecule has 6 heteroatoms. The molecule has 156 valence electrons. The number of nitrogens with zero attached hydrogens (tertiary/aromatic N) is 3. The third kappa shape index (κ3) is 3.50. The third-order valence-corrected chi connectivity index (χ3v) is 6.09. The second-order valence-corrected chi connectivity index (χ2v) is 8.10. The minimum absolute atomic E-state index is 0.0245. The number of ether oxygens (including phenoxy) is 1. The molecule has 0 spiro atoms. The van der Waals surface area contributed by atoms with Gasteiger partial charge in [0.15, 0.2) is 0 Å². The molecule has 2 fully saturated rings. The number of hydrogen-bond acceptors (Lipinski definition) is 5. The van der Waals surface area contributed by atoms with Gasteiger partial charge in [0.1, 0.15) is 11.6 Å². The Kier molecular flexibility index (Phi) is 5.27. The Hall–Kier alpha value is -2.70. The highest BCUT2D eigenvalue weighted by atomic mass is 16.5. The van der Waals surface area contributed by atoms with Crippen LogP contribution in [-0.2, 0) is 0 Å². The van der Waals surface area contributed by atoms with Crippen LogP contribution in [0.2, 0.25) is 0 Å². The first-order valence-corrected chi connectivity index (χ1v) is 11.0. The molecule has 1 saturated carbocycles. The van der Waals surface area contributed by atoms with E-state index in [1.165, 1.54) is 12.8 Å². The summed E-state index contributed by atoms with van der Waals surface area (Å²) in [6, 6.07) is 15.6. The number of piperazine rings is 1. The molecular weight excluding hydrogens is 376 g/mol. The summed E-state index contributed by atoms with van der Waals surface area (Å²) in [6.07, 6.45) is 2.37. The predicted octanol–water partition coefficient (Wildman–Crippen LogP) is 3.14. The summed E-state index contributed by atoms with van der Waals surface area (Å²) in [6.45, 7) is 6.39. The molecule has 2 heterocycles. The first kappa shape index (κ1) is 19.3. The van der Waals surface area contributed by atoms with E-state index in [-0.39, 0.29) is 11.6 Å². The molecule has 1 saturated heterocycles. The van der Waals surface area contributed by atoms with Gasteiger partial charge in [-0.1, -0.05) is 24.3 Å². The van der Waals surface area contributed by atoms with E-state index in [9.17, 15) is 4.79 Å². The van der Waals surface area contributed by atoms with Crippen molar-refractivity contribution in [2.45, 2.75) is 25.8 Å². The van der Waals surface area contributed by atoms with Crippen LogP contribution in [0.4, 0.5) is 0 Å². The highest BCUT2D eigenvalue weighted by Crippen LogP contribution is 2.44. The minimum Gasteiger partial charge on any atom is -0.492 e. The predicted molar refractivity (Wildman–Crippen MR) is 118 cm³/mol. The highest BCUT2D eigenvalue weighted by molar-refractivity contribution is 5.78. The number of nitrogens with one attached hydrogen (secondary N) is 1. The van der Waals surface area contributed by atoms with Crippen LogP contribution < -0.4 is 15.6 Å². The summed E-state index contributed by atoms with van der Waals surface area (Å²) in [5.41, 5.74) is 1.52. The summed E-state index contributed by atoms with van der Waals surface area (Å²) in [5, 5.41) is 4.08. The number of hydrogen-bond donors (Lipinski definition) is 1. The monoisotopic (exact) mass is 404 g/mol. The Bertz CT molecular complexity index is 1100. The molecule has 5 rings (SSSR count).